The number of imide groups is 1. The molecule has 19 heavy (non-hydrogen) atoms. The topological polar surface area (TPSA) is 63.7 Å². The predicted molar refractivity (Wildman–Crippen MR) is 63.4 cm³/mol. The summed E-state index contributed by atoms with van der Waals surface area (Å²) in [5.41, 5.74) is 0. The van der Waals surface area contributed by atoms with Gasteiger partial charge in [0, 0.05) is 0 Å². The highest BCUT2D eigenvalue weighted by molar-refractivity contribution is 6.07. The number of esters is 1. The van der Waals surface area contributed by atoms with Crippen molar-refractivity contribution in [2.24, 2.45) is 35.5 Å². The smallest absolute Gasteiger partial charge is 0.325 e. The molecule has 1 aliphatic heterocycles. The Morgan fingerprint density at radius 3 is 2.21 bits per heavy atom. The van der Waals surface area contributed by atoms with Crippen molar-refractivity contribution in [2.75, 3.05) is 13.7 Å². The Bertz CT molecular complexity index is 490. The number of amides is 2. The van der Waals surface area contributed by atoms with Crippen LogP contribution in [-0.2, 0) is 19.1 Å². The van der Waals surface area contributed by atoms with Gasteiger partial charge in [0.1, 0.15) is 6.54 Å². The first-order valence-corrected chi connectivity index (χ1v) is 6.74. The highest BCUT2D eigenvalue weighted by Crippen LogP contribution is 2.65. The van der Waals surface area contributed by atoms with Crippen molar-refractivity contribution in [1.82, 2.24) is 4.90 Å². The van der Waals surface area contributed by atoms with Gasteiger partial charge in [-0.15, -0.1) is 0 Å². The van der Waals surface area contributed by atoms with Gasteiger partial charge < -0.3 is 4.74 Å². The molecule has 5 heteroatoms. The fourth-order valence-corrected chi connectivity index (χ4v) is 4.37. The van der Waals surface area contributed by atoms with E-state index in [0.29, 0.717) is 11.8 Å². The number of nitrogens with zero attached hydrogens (tertiary/aromatic N) is 1. The van der Waals surface area contributed by atoms with Crippen molar-refractivity contribution in [3.05, 3.63) is 12.2 Å². The molecular formula is C14H15NO4. The van der Waals surface area contributed by atoms with Gasteiger partial charge >= 0.3 is 5.97 Å². The summed E-state index contributed by atoms with van der Waals surface area (Å²) in [4.78, 5) is 37.3. The second-order valence-electron chi connectivity index (χ2n) is 5.99. The van der Waals surface area contributed by atoms with Crippen molar-refractivity contribution < 1.29 is 19.1 Å². The van der Waals surface area contributed by atoms with Crippen molar-refractivity contribution in [3.63, 3.8) is 0 Å². The fourth-order valence-electron chi connectivity index (χ4n) is 4.37. The Morgan fingerprint density at radius 1 is 1.21 bits per heavy atom. The zero-order valence-electron chi connectivity index (χ0n) is 10.6. The van der Waals surface area contributed by atoms with E-state index in [-0.39, 0.29) is 42.0 Å². The second-order valence-corrected chi connectivity index (χ2v) is 5.99. The summed E-state index contributed by atoms with van der Waals surface area (Å²) in [5, 5.41) is 0. The zero-order valence-corrected chi connectivity index (χ0v) is 10.6. The van der Waals surface area contributed by atoms with Crippen LogP contribution in [0.25, 0.3) is 0 Å². The lowest BCUT2D eigenvalue weighted by molar-refractivity contribution is -0.151. The number of carbonyl (C=O) groups is 3. The van der Waals surface area contributed by atoms with E-state index in [9.17, 15) is 14.4 Å². The van der Waals surface area contributed by atoms with Gasteiger partial charge in [0.2, 0.25) is 11.8 Å². The molecule has 3 fully saturated rings. The molecular weight excluding hydrogens is 246 g/mol. The van der Waals surface area contributed by atoms with Crippen LogP contribution < -0.4 is 0 Å². The predicted octanol–water partition coefficient (Wildman–Crippen LogP) is 0.212. The summed E-state index contributed by atoms with van der Waals surface area (Å²) in [7, 11) is 1.26. The standard InChI is InChI=1S/C14H15NO4/c1-19-10(16)5-15-13(17)11-6-2-3-7(9-4-8(6)9)12(11)14(15)18/h2-3,6-9,11-12H,4-5H2,1H3/t6-,7-,8-,9+,11-,12+/m0/s1. The molecule has 0 unspecified atom stereocenters. The van der Waals surface area contributed by atoms with Gasteiger partial charge in [-0.3, -0.25) is 19.3 Å². The molecule has 5 nitrogen and oxygen atoms in total. The molecule has 2 saturated carbocycles. The van der Waals surface area contributed by atoms with Crippen LogP contribution >= 0.6 is 0 Å². The highest BCUT2D eigenvalue weighted by atomic mass is 16.5. The van der Waals surface area contributed by atoms with Crippen LogP contribution in [0, 0.1) is 35.5 Å². The normalized spacial score (nSPS) is 45.2. The third-order valence-corrected chi connectivity index (χ3v) is 5.27. The third kappa shape index (κ3) is 1.28. The van der Waals surface area contributed by atoms with E-state index in [4.69, 9.17) is 0 Å². The molecule has 0 aromatic rings. The van der Waals surface area contributed by atoms with E-state index in [1.807, 2.05) is 0 Å². The number of allylic oxidation sites excluding steroid dienone is 2. The Kier molecular flexibility index (Phi) is 2.04. The minimum Gasteiger partial charge on any atom is -0.468 e. The average molecular weight is 261 g/mol. The average Bonchev–Trinajstić information content (AvgIpc) is 3.20. The first-order chi connectivity index (χ1) is 9.13. The van der Waals surface area contributed by atoms with Crippen molar-refractivity contribution in [2.45, 2.75) is 6.42 Å². The number of methoxy groups -OCH3 is 1. The molecule has 2 amide bonds. The minimum atomic E-state index is -0.536. The molecule has 4 aliphatic carbocycles. The minimum absolute atomic E-state index is 0.176. The van der Waals surface area contributed by atoms with E-state index in [0.717, 1.165) is 11.3 Å². The number of rotatable bonds is 2. The molecule has 1 saturated heterocycles. The maximum absolute atomic E-state index is 12.4. The Morgan fingerprint density at radius 2 is 1.74 bits per heavy atom. The largest absolute Gasteiger partial charge is 0.468 e. The second kappa shape index (κ2) is 3.46. The highest BCUT2D eigenvalue weighted by Gasteiger charge is 2.67. The monoisotopic (exact) mass is 261 g/mol. The van der Waals surface area contributed by atoms with Gasteiger partial charge in [0.25, 0.3) is 0 Å². The Labute approximate surface area is 110 Å². The lowest BCUT2D eigenvalue weighted by Gasteiger charge is -2.37. The number of hydrogen-bond donors (Lipinski definition) is 0. The molecule has 100 valence electrons. The lowest BCUT2D eigenvalue weighted by atomic mass is 9.63. The lowest BCUT2D eigenvalue weighted by Crippen LogP contribution is -2.40. The van der Waals surface area contributed by atoms with Gasteiger partial charge in [-0.25, -0.2) is 0 Å². The fraction of sp³-hybridized carbons (Fsp3) is 0.643. The van der Waals surface area contributed by atoms with Crippen molar-refractivity contribution in [3.8, 4) is 0 Å². The SMILES string of the molecule is COC(=O)CN1C(=O)[C@@H]2[C@H]3C=C[C@@H]([C@@H]4C[C@H]34)[C@@H]2C1=O. The zero-order chi connectivity index (χ0) is 13.3. The van der Waals surface area contributed by atoms with Crippen LogP contribution in [0.5, 0.6) is 0 Å². The quantitative estimate of drug-likeness (QED) is 0.405. The van der Waals surface area contributed by atoms with Gasteiger partial charge in [-0.1, -0.05) is 12.2 Å². The molecule has 0 aromatic heterocycles. The number of ether oxygens (including phenoxy) is 1. The van der Waals surface area contributed by atoms with Crippen LogP contribution in [0.4, 0.5) is 0 Å². The van der Waals surface area contributed by atoms with Crippen LogP contribution in [-0.4, -0.2) is 36.3 Å². The summed E-state index contributed by atoms with van der Waals surface area (Å²) < 4.78 is 4.56. The molecule has 0 radical (unpaired) electrons. The molecule has 1 heterocycles. The molecule has 5 rings (SSSR count). The van der Waals surface area contributed by atoms with Crippen LogP contribution in [0.1, 0.15) is 6.42 Å². The van der Waals surface area contributed by atoms with E-state index in [1.165, 1.54) is 7.11 Å². The summed E-state index contributed by atoms with van der Waals surface area (Å²) in [5.74, 6) is 0.253. The number of carbonyl (C=O) groups excluding carboxylic acids is 3. The van der Waals surface area contributed by atoms with E-state index < -0.39 is 5.97 Å². The molecule has 6 atom stereocenters. The van der Waals surface area contributed by atoms with E-state index in [2.05, 4.69) is 16.9 Å². The maximum Gasteiger partial charge on any atom is 0.325 e. The van der Waals surface area contributed by atoms with Crippen LogP contribution in [0.3, 0.4) is 0 Å². The van der Waals surface area contributed by atoms with Crippen LogP contribution in [0.2, 0.25) is 0 Å². The molecule has 0 spiro atoms. The first-order valence-electron chi connectivity index (χ1n) is 6.74. The summed E-state index contributed by atoms with van der Waals surface area (Å²) in [6.07, 6.45) is 5.38. The first kappa shape index (κ1) is 11.2. The van der Waals surface area contributed by atoms with Crippen molar-refractivity contribution >= 4 is 17.8 Å². The molecule has 2 bridgehead atoms. The summed E-state index contributed by atoms with van der Waals surface area (Å²) in [6.45, 7) is -0.240. The van der Waals surface area contributed by atoms with Crippen LogP contribution in [0.15, 0.2) is 12.2 Å². The number of likely N-dealkylation sites (tertiary alicyclic amines) is 1. The Balaban J connectivity index is 1.66. The molecule has 0 N–H and O–H groups in total. The molecule has 5 aliphatic rings. The van der Waals surface area contributed by atoms with Gasteiger partial charge in [-0.05, 0) is 30.1 Å². The third-order valence-electron chi connectivity index (χ3n) is 5.27. The molecule has 0 aromatic carbocycles. The summed E-state index contributed by atoms with van der Waals surface area (Å²) in [6, 6.07) is 0. The van der Waals surface area contributed by atoms with Gasteiger partial charge in [0.15, 0.2) is 0 Å². The Hall–Kier alpha value is -1.65. The maximum atomic E-state index is 12.4. The van der Waals surface area contributed by atoms with Crippen molar-refractivity contribution in [1.29, 1.82) is 0 Å². The van der Waals surface area contributed by atoms with Gasteiger partial charge in [0.05, 0.1) is 18.9 Å². The number of hydrogen-bond acceptors (Lipinski definition) is 4. The van der Waals surface area contributed by atoms with E-state index in [1.54, 1.807) is 0 Å². The van der Waals surface area contributed by atoms with E-state index >= 15 is 0 Å². The van der Waals surface area contributed by atoms with Gasteiger partial charge in [-0.2, -0.15) is 0 Å². The summed E-state index contributed by atoms with van der Waals surface area (Å²) >= 11 is 0.